The van der Waals surface area contributed by atoms with Crippen LogP contribution in [0.1, 0.15) is 6.42 Å². The number of amides is 1. The molecule has 0 saturated carbocycles. The van der Waals surface area contributed by atoms with E-state index >= 15 is 0 Å². The van der Waals surface area contributed by atoms with E-state index in [1.54, 1.807) is 0 Å². The number of likely N-dealkylation sites (N-methyl/N-ethyl adjacent to an activating group) is 1. The highest BCUT2D eigenvalue weighted by atomic mass is 16.2. The number of nitrogens with two attached hydrogens (primary N) is 1. The first kappa shape index (κ1) is 14.3. The Labute approximate surface area is 92.6 Å². The first-order chi connectivity index (χ1) is 7.06. The molecule has 5 nitrogen and oxygen atoms in total. The van der Waals surface area contributed by atoms with Crippen LogP contribution < -0.4 is 11.1 Å². The molecule has 0 aromatic carbocycles. The van der Waals surface area contributed by atoms with Gasteiger partial charge in [0.15, 0.2) is 0 Å². The van der Waals surface area contributed by atoms with Crippen molar-refractivity contribution in [3.05, 3.63) is 0 Å². The van der Waals surface area contributed by atoms with Gasteiger partial charge in [-0.2, -0.15) is 0 Å². The maximum Gasteiger partial charge on any atom is 0.234 e. The molecule has 5 heteroatoms. The van der Waals surface area contributed by atoms with Crippen LogP contribution in [0.2, 0.25) is 0 Å². The van der Waals surface area contributed by atoms with Crippen molar-refractivity contribution >= 4 is 5.91 Å². The summed E-state index contributed by atoms with van der Waals surface area (Å²) in [5.41, 5.74) is 5.29. The Kier molecular flexibility index (Phi) is 8.27. The maximum absolute atomic E-state index is 11.3. The SMILES string of the molecule is CN(C)CCCN(C)CC(=O)NCCN. The van der Waals surface area contributed by atoms with Gasteiger partial charge in [-0.1, -0.05) is 0 Å². The summed E-state index contributed by atoms with van der Waals surface area (Å²) in [4.78, 5) is 15.5. The normalized spacial score (nSPS) is 11.1. The van der Waals surface area contributed by atoms with Crippen LogP contribution in [-0.2, 0) is 4.79 Å². The summed E-state index contributed by atoms with van der Waals surface area (Å²) < 4.78 is 0. The Hall–Kier alpha value is -0.650. The molecular weight excluding hydrogens is 192 g/mol. The summed E-state index contributed by atoms with van der Waals surface area (Å²) in [5.74, 6) is 0.0489. The first-order valence-corrected chi connectivity index (χ1v) is 5.36. The Morgan fingerprint density at radius 3 is 2.47 bits per heavy atom. The largest absolute Gasteiger partial charge is 0.354 e. The van der Waals surface area contributed by atoms with Crippen molar-refractivity contribution in [2.75, 3.05) is 53.9 Å². The topological polar surface area (TPSA) is 61.6 Å². The van der Waals surface area contributed by atoms with E-state index in [0.29, 0.717) is 19.6 Å². The standard InChI is InChI=1S/C10H24N4O/c1-13(2)7-4-8-14(3)9-10(15)12-6-5-11/h4-9,11H2,1-3H3,(H,12,15). The van der Waals surface area contributed by atoms with Gasteiger partial charge in [0.1, 0.15) is 0 Å². The zero-order valence-electron chi connectivity index (χ0n) is 10.1. The summed E-state index contributed by atoms with van der Waals surface area (Å²) in [7, 11) is 6.06. The minimum absolute atomic E-state index is 0.0489. The second-order valence-electron chi connectivity index (χ2n) is 4.03. The fourth-order valence-corrected chi connectivity index (χ4v) is 1.25. The first-order valence-electron chi connectivity index (χ1n) is 5.36. The molecule has 0 saturated heterocycles. The third-order valence-electron chi connectivity index (χ3n) is 2.03. The molecule has 0 spiro atoms. The quantitative estimate of drug-likeness (QED) is 0.543. The lowest BCUT2D eigenvalue weighted by atomic mass is 10.3. The van der Waals surface area contributed by atoms with Crippen LogP contribution in [0.5, 0.6) is 0 Å². The van der Waals surface area contributed by atoms with Crippen LogP contribution in [0.3, 0.4) is 0 Å². The summed E-state index contributed by atoms with van der Waals surface area (Å²) in [5, 5.41) is 2.75. The van der Waals surface area contributed by atoms with Gasteiger partial charge in [0.2, 0.25) is 5.91 Å². The predicted octanol–water partition coefficient (Wildman–Crippen LogP) is -1.06. The van der Waals surface area contributed by atoms with Crippen molar-refractivity contribution < 1.29 is 4.79 Å². The molecule has 90 valence electrons. The molecule has 0 fully saturated rings. The summed E-state index contributed by atoms with van der Waals surface area (Å²) >= 11 is 0. The number of carbonyl (C=O) groups excluding carboxylic acids is 1. The van der Waals surface area contributed by atoms with Crippen molar-refractivity contribution in [3.63, 3.8) is 0 Å². The van der Waals surface area contributed by atoms with Crippen LogP contribution >= 0.6 is 0 Å². The molecule has 0 heterocycles. The molecule has 0 aliphatic carbocycles. The monoisotopic (exact) mass is 216 g/mol. The van der Waals surface area contributed by atoms with Crippen molar-refractivity contribution in [3.8, 4) is 0 Å². The van der Waals surface area contributed by atoms with Gasteiger partial charge in [0.25, 0.3) is 0 Å². The second kappa shape index (κ2) is 8.64. The zero-order valence-corrected chi connectivity index (χ0v) is 10.1. The molecule has 3 N–H and O–H groups in total. The summed E-state index contributed by atoms with van der Waals surface area (Å²) in [6.45, 7) is 3.50. The van der Waals surface area contributed by atoms with Gasteiger partial charge in [0, 0.05) is 13.1 Å². The van der Waals surface area contributed by atoms with Gasteiger partial charge in [-0.05, 0) is 40.7 Å². The lowest BCUT2D eigenvalue weighted by Crippen LogP contribution is -2.38. The smallest absolute Gasteiger partial charge is 0.234 e. The molecule has 0 aromatic rings. The van der Waals surface area contributed by atoms with E-state index in [-0.39, 0.29) is 5.91 Å². The molecule has 0 rings (SSSR count). The van der Waals surface area contributed by atoms with Crippen LogP contribution in [-0.4, -0.2) is 69.6 Å². The Bertz CT molecular complexity index is 173. The van der Waals surface area contributed by atoms with E-state index in [1.165, 1.54) is 0 Å². The highest BCUT2D eigenvalue weighted by Gasteiger charge is 2.04. The van der Waals surface area contributed by atoms with Gasteiger partial charge in [-0.3, -0.25) is 9.69 Å². The number of nitrogens with one attached hydrogen (secondary N) is 1. The van der Waals surface area contributed by atoms with Crippen LogP contribution in [0.4, 0.5) is 0 Å². The molecule has 1 amide bonds. The van der Waals surface area contributed by atoms with Crippen molar-refractivity contribution in [1.82, 2.24) is 15.1 Å². The number of hydrogen-bond donors (Lipinski definition) is 2. The van der Waals surface area contributed by atoms with Crippen molar-refractivity contribution in [1.29, 1.82) is 0 Å². The summed E-state index contributed by atoms with van der Waals surface area (Å²) in [6.07, 6.45) is 1.08. The Morgan fingerprint density at radius 2 is 1.93 bits per heavy atom. The van der Waals surface area contributed by atoms with E-state index in [9.17, 15) is 4.79 Å². The molecule has 0 aliphatic heterocycles. The molecule has 0 atom stereocenters. The lowest BCUT2D eigenvalue weighted by Gasteiger charge is -2.17. The number of rotatable bonds is 8. The lowest BCUT2D eigenvalue weighted by molar-refractivity contribution is -0.121. The zero-order chi connectivity index (χ0) is 11.7. The molecule has 0 aromatic heterocycles. The van der Waals surface area contributed by atoms with Crippen molar-refractivity contribution in [2.24, 2.45) is 5.73 Å². The minimum atomic E-state index is 0.0489. The minimum Gasteiger partial charge on any atom is -0.354 e. The molecule has 0 bridgehead atoms. The van der Waals surface area contributed by atoms with Gasteiger partial charge in [-0.15, -0.1) is 0 Å². The highest BCUT2D eigenvalue weighted by Crippen LogP contribution is 1.88. The van der Waals surface area contributed by atoms with Gasteiger partial charge >= 0.3 is 0 Å². The van der Waals surface area contributed by atoms with Crippen LogP contribution in [0, 0.1) is 0 Å². The predicted molar refractivity (Wildman–Crippen MR) is 62.7 cm³/mol. The van der Waals surface area contributed by atoms with E-state index in [0.717, 1.165) is 19.5 Å². The molecule has 15 heavy (non-hydrogen) atoms. The summed E-state index contributed by atoms with van der Waals surface area (Å²) in [6, 6.07) is 0. The highest BCUT2D eigenvalue weighted by molar-refractivity contribution is 5.77. The number of hydrogen-bond acceptors (Lipinski definition) is 4. The molecule has 0 aliphatic rings. The van der Waals surface area contributed by atoms with E-state index in [1.807, 2.05) is 26.0 Å². The van der Waals surface area contributed by atoms with E-state index < -0.39 is 0 Å². The third-order valence-corrected chi connectivity index (χ3v) is 2.03. The average Bonchev–Trinajstić information content (AvgIpc) is 2.14. The van der Waals surface area contributed by atoms with Crippen LogP contribution in [0.15, 0.2) is 0 Å². The Balaban J connectivity index is 3.46. The molecule has 0 radical (unpaired) electrons. The van der Waals surface area contributed by atoms with Gasteiger partial charge < -0.3 is 16.0 Å². The Morgan fingerprint density at radius 1 is 1.27 bits per heavy atom. The van der Waals surface area contributed by atoms with Gasteiger partial charge in [-0.25, -0.2) is 0 Å². The second-order valence-corrected chi connectivity index (χ2v) is 4.03. The van der Waals surface area contributed by atoms with E-state index in [4.69, 9.17) is 5.73 Å². The number of nitrogens with zero attached hydrogens (tertiary/aromatic N) is 2. The fourth-order valence-electron chi connectivity index (χ4n) is 1.25. The van der Waals surface area contributed by atoms with Crippen molar-refractivity contribution in [2.45, 2.75) is 6.42 Å². The molecule has 0 unspecified atom stereocenters. The van der Waals surface area contributed by atoms with E-state index in [2.05, 4.69) is 10.2 Å². The third kappa shape index (κ3) is 9.65. The molecular formula is C10H24N4O. The van der Waals surface area contributed by atoms with Crippen LogP contribution in [0.25, 0.3) is 0 Å². The number of carbonyl (C=O) groups is 1. The maximum atomic E-state index is 11.3. The van der Waals surface area contributed by atoms with Gasteiger partial charge in [0.05, 0.1) is 6.54 Å². The fraction of sp³-hybridized carbons (Fsp3) is 0.900. The average molecular weight is 216 g/mol.